The molecule has 0 aliphatic rings. The number of rotatable bonds is 3. The van der Waals surface area contributed by atoms with Gasteiger partial charge in [-0.15, -0.1) is 0 Å². The predicted molar refractivity (Wildman–Crippen MR) is 66.1 cm³/mol. The zero-order valence-electron chi connectivity index (χ0n) is 8.60. The Morgan fingerprint density at radius 1 is 1.00 bits per heavy atom. The van der Waals surface area contributed by atoms with E-state index in [1.54, 1.807) is 0 Å². The SMILES string of the molecule is C[Si](C)(C)Cc1ccc(CBr)cc1. The summed E-state index contributed by atoms with van der Waals surface area (Å²) in [6.07, 6.45) is 0. The summed E-state index contributed by atoms with van der Waals surface area (Å²) in [5.41, 5.74) is 2.85. The van der Waals surface area contributed by atoms with Gasteiger partial charge in [0.2, 0.25) is 0 Å². The lowest BCUT2D eigenvalue weighted by Gasteiger charge is -2.15. The second kappa shape index (κ2) is 4.42. The van der Waals surface area contributed by atoms with E-state index in [4.69, 9.17) is 0 Å². The number of hydrogen-bond acceptors (Lipinski definition) is 0. The van der Waals surface area contributed by atoms with Gasteiger partial charge in [-0.2, -0.15) is 0 Å². The first-order valence-electron chi connectivity index (χ1n) is 4.65. The Bertz CT molecular complexity index is 258. The van der Waals surface area contributed by atoms with E-state index in [0.717, 1.165) is 5.33 Å². The summed E-state index contributed by atoms with van der Waals surface area (Å²) in [5.74, 6) is 0. The van der Waals surface area contributed by atoms with Crippen LogP contribution in [0.5, 0.6) is 0 Å². The van der Waals surface area contributed by atoms with Crippen LogP contribution in [0.15, 0.2) is 24.3 Å². The summed E-state index contributed by atoms with van der Waals surface area (Å²) in [6.45, 7) is 7.22. The second-order valence-electron chi connectivity index (χ2n) is 4.69. The molecule has 0 aliphatic heterocycles. The molecular formula is C11H17BrSi. The van der Waals surface area contributed by atoms with Crippen LogP contribution in [0.25, 0.3) is 0 Å². The lowest BCUT2D eigenvalue weighted by atomic mass is 10.2. The summed E-state index contributed by atoms with van der Waals surface area (Å²) in [7, 11) is -0.937. The van der Waals surface area contributed by atoms with Crippen LogP contribution in [0.4, 0.5) is 0 Å². The van der Waals surface area contributed by atoms with Crippen molar-refractivity contribution in [1.82, 2.24) is 0 Å². The maximum atomic E-state index is 3.45. The minimum atomic E-state index is -0.937. The van der Waals surface area contributed by atoms with Gasteiger partial charge in [0.05, 0.1) is 0 Å². The Kier molecular flexibility index (Phi) is 3.74. The van der Waals surface area contributed by atoms with E-state index in [2.05, 4.69) is 59.8 Å². The van der Waals surface area contributed by atoms with Gasteiger partial charge in [-0.05, 0) is 11.6 Å². The van der Waals surface area contributed by atoms with E-state index in [1.165, 1.54) is 17.2 Å². The third-order valence-corrected chi connectivity index (χ3v) is 4.03. The molecule has 1 aromatic carbocycles. The second-order valence-corrected chi connectivity index (χ2v) is 10.7. The van der Waals surface area contributed by atoms with Crippen molar-refractivity contribution in [2.24, 2.45) is 0 Å². The number of halogens is 1. The van der Waals surface area contributed by atoms with Crippen LogP contribution in [-0.4, -0.2) is 8.07 Å². The van der Waals surface area contributed by atoms with Gasteiger partial charge in [0.1, 0.15) is 0 Å². The van der Waals surface area contributed by atoms with Gasteiger partial charge in [0, 0.05) is 13.4 Å². The molecule has 0 N–H and O–H groups in total. The smallest absolute Gasteiger partial charge is 0.0487 e. The molecule has 0 spiro atoms. The van der Waals surface area contributed by atoms with Crippen molar-refractivity contribution in [2.75, 3.05) is 0 Å². The number of alkyl halides is 1. The van der Waals surface area contributed by atoms with Gasteiger partial charge < -0.3 is 0 Å². The average Bonchev–Trinajstić information content (AvgIpc) is 2.03. The number of hydrogen-bond donors (Lipinski definition) is 0. The zero-order valence-corrected chi connectivity index (χ0v) is 11.2. The molecular weight excluding hydrogens is 240 g/mol. The Labute approximate surface area is 90.5 Å². The Hall–Kier alpha value is -0.0831. The van der Waals surface area contributed by atoms with Crippen molar-refractivity contribution in [1.29, 1.82) is 0 Å². The monoisotopic (exact) mass is 256 g/mol. The van der Waals surface area contributed by atoms with Gasteiger partial charge in [0.25, 0.3) is 0 Å². The van der Waals surface area contributed by atoms with Gasteiger partial charge in [-0.3, -0.25) is 0 Å². The summed E-state index contributed by atoms with van der Waals surface area (Å²) in [6, 6.07) is 10.2. The van der Waals surface area contributed by atoms with Crippen LogP contribution in [0.1, 0.15) is 11.1 Å². The number of benzene rings is 1. The Balaban J connectivity index is 2.70. The van der Waals surface area contributed by atoms with Crippen molar-refractivity contribution in [3.8, 4) is 0 Å². The molecule has 2 heteroatoms. The van der Waals surface area contributed by atoms with Gasteiger partial charge in [-0.25, -0.2) is 0 Å². The van der Waals surface area contributed by atoms with Crippen molar-refractivity contribution in [2.45, 2.75) is 31.0 Å². The van der Waals surface area contributed by atoms with E-state index < -0.39 is 8.07 Å². The maximum absolute atomic E-state index is 3.45. The quantitative estimate of drug-likeness (QED) is 0.567. The average molecular weight is 257 g/mol. The largest absolute Gasteiger partial charge is 0.0876 e. The summed E-state index contributed by atoms with van der Waals surface area (Å²) in [5, 5.41) is 0.959. The van der Waals surface area contributed by atoms with E-state index in [0.29, 0.717) is 0 Å². The molecule has 0 atom stereocenters. The normalized spacial score (nSPS) is 11.7. The van der Waals surface area contributed by atoms with E-state index in [9.17, 15) is 0 Å². The Morgan fingerprint density at radius 2 is 1.46 bits per heavy atom. The zero-order chi connectivity index (χ0) is 9.90. The van der Waals surface area contributed by atoms with Crippen molar-refractivity contribution >= 4 is 24.0 Å². The maximum Gasteiger partial charge on any atom is 0.0487 e. The van der Waals surface area contributed by atoms with E-state index in [1.807, 2.05) is 0 Å². The first kappa shape index (κ1) is 11.0. The molecule has 72 valence electrons. The van der Waals surface area contributed by atoms with Crippen LogP contribution in [-0.2, 0) is 11.4 Å². The molecule has 0 unspecified atom stereocenters. The molecule has 1 aromatic rings. The third-order valence-electron chi connectivity index (χ3n) is 1.91. The standard InChI is InChI=1S/C11H17BrSi/c1-13(2,3)9-11-6-4-10(8-12)5-7-11/h4-7H,8-9H2,1-3H3. The first-order valence-corrected chi connectivity index (χ1v) is 9.48. The molecule has 0 bridgehead atoms. The minimum Gasteiger partial charge on any atom is -0.0876 e. The molecule has 0 saturated carbocycles. The lowest BCUT2D eigenvalue weighted by molar-refractivity contribution is 1.29. The van der Waals surface area contributed by atoms with Crippen LogP contribution >= 0.6 is 15.9 Å². The summed E-state index contributed by atoms with van der Waals surface area (Å²) < 4.78 is 0. The highest BCUT2D eigenvalue weighted by Gasteiger charge is 2.13. The third kappa shape index (κ3) is 4.10. The molecule has 0 radical (unpaired) electrons. The molecule has 0 amide bonds. The first-order chi connectivity index (χ1) is 6.01. The minimum absolute atomic E-state index is 0.937. The summed E-state index contributed by atoms with van der Waals surface area (Å²) >= 11 is 3.45. The Morgan fingerprint density at radius 3 is 1.85 bits per heavy atom. The highest BCUT2D eigenvalue weighted by atomic mass is 79.9. The molecule has 0 aromatic heterocycles. The van der Waals surface area contributed by atoms with Crippen molar-refractivity contribution in [3.05, 3.63) is 35.4 Å². The highest BCUT2D eigenvalue weighted by Crippen LogP contribution is 2.13. The van der Waals surface area contributed by atoms with Gasteiger partial charge in [-0.1, -0.05) is 65.4 Å². The fourth-order valence-electron chi connectivity index (χ4n) is 1.36. The highest BCUT2D eigenvalue weighted by molar-refractivity contribution is 9.08. The van der Waals surface area contributed by atoms with E-state index in [-0.39, 0.29) is 0 Å². The predicted octanol–water partition coefficient (Wildman–Crippen LogP) is 4.00. The lowest BCUT2D eigenvalue weighted by Crippen LogP contribution is -2.23. The fraction of sp³-hybridized carbons (Fsp3) is 0.455. The van der Waals surface area contributed by atoms with Gasteiger partial charge in [0.15, 0.2) is 0 Å². The fourth-order valence-corrected chi connectivity index (χ4v) is 3.19. The van der Waals surface area contributed by atoms with Crippen LogP contribution < -0.4 is 0 Å². The molecule has 13 heavy (non-hydrogen) atoms. The molecule has 0 aliphatic carbocycles. The molecule has 0 fully saturated rings. The van der Waals surface area contributed by atoms with Crippen LogP contribution in [0, 0.1) is 0 Å². The molecule has 1 rings (SSSR count). The van der Waals surface area contributed by atoms with Crippen LogP contribution in [0.2, 0.25) is 19.6 Å². The van der Waals surface area contributed by atoms with Crippen molar-refractivity contribution in [3.63, 3.8) is 0 Å². The van der Waals surface area contributed by atoms with E-state index >= 15 is 0 Å². The van der Waals surface area contributed by atoms with Gasteiger partial charge >= 0.3 is 0 Å². The molecule has 0 heterocycles. The summed E-state index contributed by atoms with van der Waals surface area (Å²) in [4.78, 5) is 0. The topological polar surface area (TPSA) is 0 Å². The van der Waals surface area contributed by atoms with Crippen LogP contribution in [0.3, 0.4) is 0 Å². The molecule has 0 nitrogen and oxygen atoms in total. The molecule has 0 saturated heterocycles. The van der Waals surface area contributed by atoms with Crippen molar-refractivity contribution < 1.29 is 0 Å².